The number of hydrogen-bond donors (Lipinski definition) is 1. The Morgan fingerprint density at radius 3 is 2.73 bits per heavy atom. The van der Waals surface area contributed by atoms with Gasteiger partial charge >= 0.3 is 5.97 Å². The third-order valence-corrected chi connectivity index (χ3v) is 2.57. The fraction of sp³-hybridized carbons (Fsp3) is 0.500. The van der Waals surface area contributed by atoms with E-state index < -0.39 is 24.1 Å². The molecule has 0 aliphatic heterocycles. The SMILES string of the molecule is CCC(C(=O)O)n1ncc(Br)c1C(F)F. The number of hydrogen-bond acceptors (Lipinski definition) is 2. The first-order valence-electron chi connectivity index (χ1n) is 4.22. The third kappa shape index (κ3) is 2.34. The van der Waals surface area contributed by atoms with Crippen LogP contribution in [-0.2, 0) is 4.79 Å². The number of carboxylic acids is 1. The standard InChI is InChI=1S/C8H9BrF2N2O2/c1-2-5(8(14)15)13-6(7(10)11)4(9)3-12-13/h3,5,7H,2H2,1H3,(H,14,15). The second kappa shape index (κ2) is 4.69. The maximum Gasteiger partial charge on any atom is 0.328 e. The molecule has 1 N–H and O–H groups in total. The quantitative estimate of drug-likeness (QED) is 0.924. The Hall–Kier alpha value is -0.980. The first-order chi connectivity index (χ1) is 6.99. The number of carboxylic acid groups (broad SMARTS) is 1. The minimum Gasteiger partial charge on any atom is -0.480 e. The molecule has 0 aliphatic rings. The Labute approximate surface area is 93.0 Å². The maximum absolute atomic E-state index is 12.6. The summed E-state index contributed by atoms with van der Waals surface area (Å²) in [5.41, 5.74) is -0.399. The van der Waals surface area contributed by atoms with E-state index in [-0.39, 0.29) is 10.9 Å². The van der Waals surface area contributed by atoms with Crippen molar-refractivity contribution in [3.63, 3.8) is 0 Å². The van der Waals surface area contributed by atoms with E-state index in [0.717, 1.165) is 4.68 Å². The van der Waals surface area contributed by atoms with E-state index in [0.29, 0.717) is 0 Å². The predicted molar refractivity (Wildman–Crippen MR) is 51.8 cm³/mol. The lowest BCUT2D eigenvalue weighted by Gasteiger charge is -2.13. The molecule has 0 saturated carbocycles. The van der Waals surface area contributed by atoms with Crippen LogP contribution < -0.4 is 0 Å². The maximum atomic E-state index is 12.6. The zero-order chi connectivity index (χ0) is 11.6. The Balaban J connectivity index is 3.18. The highest BCUT2D eigenvalue weighted by molar-refractivity contribution is 9.10. The van der Waals surface area contributed by atoms with E-state index in [1.54, 1.807) is 6.92 Å². The molecule has 1 aromatic heterocycles. The van der Waals surface area contributed by atoms with E-state index in [9.17, 15) is 13.6 Å². The van der Waals surface area contributed by atoms with Crippen molar-refractivity contribution in [2.24, 2.45) is 0 Å². The molecule has 0 aromatic carbocycles. The second-order valence-corrected chi connectivity index (χ2v) is 3.74. The molecule has 7 heteroatoms. The molecular weight excluding hydrogens is 274 g/mol. The van der Waals surface area contributed by atoms with Gasteiger partial charge in [-0.1, -0.05) is 6.92 Å². The van der Waals surface area contributed by atoms with Gasteiger partial charge in [-0.15, -0.1) is 0 Å². The van der Waals surface area contributed by atoms with Crippen molar-refractivity contribution in [3.05, 3.63) is 16.4 Å². The van der Waals surface area contributed by atoms with Crippen molar-refractivity contribution >= 4 is 21.9 Å². The van der Waals surface area contributed by atoms with Gasteiger partial charge < -0.3 is 5.11 Å². The summed E-state index contributed by atoms with van der Waals surface area (Å²) in [5, 5.41) is 12.5. The molecule has 1 atom stereocenters. The lowest BCUT2D eigenvalue weighted by molar-refractivity contribution is -0.141. The number of halogens is 3. The summed E-state index contributed by atoms with van der Waals surface area (Å²) in [7, 11) is 0. The Morgan fingerprint density at radius 1 is 1.73 bits per heavy atom. The van der Waals surface area contributed by atoms with E-state index in [1.807, 2.05) is 0 Å². The number of aromatic nitrogens is 2. The van der Waals surface area contributed by atoms with Crippen LogP contribution in [-0.4, -0.2) is 20.9 Å². The van der Waals surface area contributed by atoms with Gasteiger partial charge in [0.15, 0.2) is 0 Å². The fourth-order valence-corrected chi connectivity index (χ4v) is 1.70. The van der Waals surface area contributed by atoms with Crippen LogP contribution in [0.3, 0.4) is 0 Å². The van der Waals surface area contributed by atoms with E-state index >= 15 is 0 Å². The van der Waals surface area contributed by atoms with Crippen LogP contribution in [0.1, 0.15) is 31.5 Å². The molecule has 0 saturated heterocycles. The summed E-state index contributed by atoms with van der Waals surface area (Å²) in [6, 6.07) is -1.06. The monoisotopic (exact) mass is 282 g/mol. The van der Waals surface area contributed by atoms with Crippen LogP contribution in [0, 0.1) is 0 Å². The van der Waals surface area contributed by atoms with Crippen LogP contribution in [0.5, 0.6) is 0 Å². The second-order valence-electron chi connectivity index (χ2n) is 2.89. The minimum absolute atomic E-state index is 0.122. The average Bonchev–Trinajstić information content (AvgIpc) is 2.48. The van der Waals surface area contributed by atoms with Gasteiger partial charge in [-0.05, 0) is 22.4 Å². The highest BCUT2D eigenvalue weighted by Gasteiger charge is 2.26. The molecular formula is C8H9BrF2N2O2. The number of alkyl halides is 2. The zero-order valence-electron chi connectivity index (χ0n) is 7.82. The number of nitrogens with zero attached hydrogens (tertiary/aromatic N) is 2. The molecule has 0 amide bonds. The lowest BCUT2D eigenvalue weighted by atomic mass is 10.2. The summed E-state index contributed by atoms with van der Waals surface area (Å²) in [4.78, 5) is 10.8. The lowest BCUT2D eigenvalue weighted by Crippen LogP contribution is -2.21. The summed E-state index contributed by atoms with van der Waals surface area (Å²) < 4.78 is 26.2. The van der Waals surface area contributed by atoms with Gasteiger partial charge in [0.05, 0.1) is 10.7 Å². The molecule has 1 heterocycles. The number of rotatable bonds is 4. The summed E-state index contributed by atoms with van der Waals surface area (Å²) in [5.74, 6) is -1.17. The predicted octanol–water partition coefficient (Wildman–Crippen LogP) is 2.62. The minimum atomic E-state index is -2.75. The van der Waals surface area contributed by atoms with Crippen molar-refractivity contribution in [2.75, 3.05) is 0 Å². The van der Waals surface area contributed by atoms with Gasteiger partial charge in [-0.25, -0.2) is 18.3 Å². The molecule has 0 aliphatic carbocycles. The van der Waals surface area contributed by atoms with Crippen LogP contribution in [0.25, 0.3) is 0 Å². The van der Waals surface area contributed by atoms with Gasteiger partial charge in [0.25, 0.3) is 6.43 Å². The van der Waals surface area contributed by atoms with Crippen LogP contribution >= 0.6 is 15.9 Å². The van der Waals surface area contributed by atoms with Gasteiger partial charge in [-0.2, -0.15) is 5.10 Å². The van der Waals surface area contributed by atoms with Crippen LogP contribution in [0.15, 0.2) is 10.7 Å². The molecule has 0 fully saturated rings. The Kier molecular flexibility index (Phi) is 3.78. The molecule has 0 bridgehead atoms. The molecule has 15 heavy (non-hydrogen) atoms. The number of aliphatic carboxylic acids is 1. The van der Waals surface area contributed by atoms with Crippen molar-refractivity contribution in [1.82, 2.24) is 9.78 Å². The van der Waals surface area contributed by atoms with E-state index in [1.165, 1.54) is 6.20 Å². The average molecular weight is 283 g/mol. The first kappa shape index (κ1) is 12.1. The summed E-state index contributed by atoms with van der Waals surface area (Å²) in [6.45, 7) is 1.60. The normalized spacial score (nSPS) is 13.1. The summed E-state index contributed by atoms with van der Waals surface area (Å²) in [6.07, 6.45) is -1.38. The van der Waals surface area contributed by atoms with Gasteiger partial charge in [0, 0.05) is 0 Å². The largest absolute Gasteiger partial charge is 0.480 e. The zero-order valence-corrected chi connectivity index (χ0v) is 9.41. The Morgan fingerprint density at radius 2 is 2.33 bits per heavy atom. The van der Waals surface area contributed by atoms with Crippen LogP contribution in [0.4, 0.5) is 8.78 Å². The molecule has 0 radical (unpaired) electrons. The molecule has 0 spiro atoms. The molecule has 1 rings (SSSR count). The van der Waals surface area contributed by atoms with E-state index in [2.05, 4.69) is 21.0 Å². The fourth-order valence-electron chi connectivity index (χ4n) is 1.26. The van der Waals surface area contributed by atoms with E-state index in [4.69, 9.17) is 5.11 Å². The Bertz CT molecular complexity index is 368. The van der Waals surface area contributed by atoms with Crippen molar-refractivity contribution in [2.45, 2.75) is 25.8 Å². The number of carbonyl (C=O) groups is 1. The van der Waals surface area contributed by atoms with Crippen molar-refractivity contribution < 1.29 is 18.7 Å². The molecule has 1 unspecified atom stereocenters. The van der Waals surface area contributed by atoms with Gasteiger partial charge in [0.2, 0.25) is 0 Å². The van der Waals surface area contributed by atoms with Crippen LogP contribution in [0.2, 0.25) is 0 Å². The highest BCUT2D eigenvalue weighted by atomic mass is 79.9. The van der Waals surface area contributed by atoms with Gasteiger partial charge in [-0.3, -0.25) is 0 Å². The summed E-state index contributed by atoms with van der Waals surface area (Å²) >= 11 is 2.91. The molecule has 4 nitrogen and oxygen atoms in total. The van der Waals surface area contributed by atoms with Gasteiger partial charge in [0.1, 0.15) is 11.7 Å². The first-order valence-corrected chi connectivity index (χ1v) is 5.02. The van der Waals surface area contributed by atoms with Crippen molar-refractivity contribution in [3.8, 4) is 0 Å². The topological polar surface area (TPSA) is 55.1 Å². The highest BCUT2D eigenvalue weighted by Crippen LogP contribution is 2.30. The van der Waals surface area contributed by atoms with Crippen molar-refractivity contribution in [1.29, 1.82) is 0 Å². The molecule has 84 valence electrons. The smallest absolute Gasteiger partial charge is 0.328 e. The molecule has 1 aromatic rings. The third-order valence-electron chi connectivity index (χ3n) is 1.96.